The predicted molar refractivity (Wildman–Crippen MR) is 129 cm³/mol. The Balaban J connectivity index is 1.33. The van der Waals surface area contributed by atoms with Gasteiger partial charge in [0.15, 0.2) is 0 Å². The molecule has 4 rings (SSSR count). The molecule has 1 aromatic carbocycles. The van der Waals surface area contributed by atoms with E-state index >= 15 is 0 Å². The van der Waals surface area contributed by atoms with Gasteiger partial charge in [0.2, 0.25) is 5.91 Å². The molecule has 1 amide bonds. The number of piperazine rings is 1. The van der Waals surface area contributed by atoms with E-state index < -0.39 is 11.7 Å². The molecule has 0 atom stereocenters. The van der Waals surface area contributed by atoms with Crippen LogP contribution in [0, 0.1) is 12.8 Å². The summed E-state index contributed by atoms with van der Waals surface area (Å²) in [4.78, 5) is 23.3. The number of carbonyl (C=O) groups excluding carboxylic acids is 1. The summed E-state index contributed by atoms with van der Waals surface area (Å²) in [7, 11) is 2.13. The lowest BCUT2D eigenvalue weighted by Crippen LogP contribution is -2.44. The molecular formula is C24H29ClF3N5O. The van der Waals surface area contributed by atoms with Gasteiger partial charge in [0.25, 0.3) is 0 Å². The first-order valence-corrected chi connectivity index (χ1v) is 11.8. The van der Waals surface area contributed by atoms with Crippen molar-refractivity contribution in [3.63, 3.8) is 0 Å². The van der Waals surface area contributed by atoms with Crippen LogP contribution in [-0.2, 0) is 11.0 Å². The average Bonchev–Trinajstić information content (AvgIpc) is 2.79. The van der Waals surface area contributed by atoms with E-state index in [0.717, 1.165) is 49.7 Å². The lowest BCUT2D eigenvalue weighted by atomic mass is 9.95. The molecule has 0 saturated carbocycles. The number of amides is 1. The molecule has 3 heterocycles. The molecule has 2 aromatic rings. The van der Waals surface area contributed by atoms with Gasteiger partial charge in [-0.2, -0.15) is 13.2 Å². The molecule has 10 heteroatoms. The topological polar surface area (TPSA) is 51.7 Å². The fraction of sp³-hybridized carbons (Fsp3) is 0.500. The van der Waals surface area contributed by atoms with Crippen LogP contribution in [0.4, 0.5) is 30.4 Å². The van der Waals surface area contributed by atoms with Gasteiger partial charge >= 0.3 is 6.18 Å². The lowest BCUT2D eigenvalue weighted by molar-refractivity contribution is -0.137. The van der Waals surface area contributed by atoms with E-state index in [2.05, 4.69) is 40.1 Å². The highest BCUT2D eigenvalue weighted by atomic mass is 35.5. The number of alkyl halides is 3. The molecule has 2 aliphatic heterocycles. The number of carbonyl (C=O) groups is 1. The van der Waals surface area contributed by atoms with E-state index in [0.29, 0.717) is 31.7 Å². The Hall–Kier alpha value is -2.52. The largest absolute Gasteiger partial charge is 0.417 e. The van der Waals surface area contributed by atoms with Gasteiger partial charge in [0, 0.05) is 62.8 Å². The molecule has 2 aliphatic rings. The van der Waals surface area contributed by atoms with Gasteiger partial charge in [0.05, 0.1) is 10.6 Å². The van der Waals surface area contributed by atoms with Crippen molar-refractivity contribution in [2.24, 2.45) is 5.92 Å². The number of rotatable bonds is 4. The number of anilines is 3. The summed E-state index contributed by atoms with van der Waals surface area (Å²) in [6, 6.07) is 6.92. The summed E-state index contributed by atoms with van der Waals surface area (Å²) >= 11 is 6.08. The van der Waals surface area contributed by atoms with Crippen LogP contribution in [0.5, 0.6) is 0 Å². The molecule has 184 valence electrons. The molecule has 0 radical (unpaired) electrons. The van der Waals surface area contributed by atoms with Crippen LogP contribution < -0.4 is 15.1 Å². The molecule has 0 bridgehead atoms. The van der Waals surface area contributed by atoms with Gasteiger partial charge in [0.1, 0.15) is 5.82 Å². The number of pyridine rings is 1. The highest BCUT2D eigenvalue weighted by Gasteiger charge is 2.33. The number of piperidine rings is 1. The first-order chi connectivity index (χ1) is 16.1. The van der Waals surface area contributed by atoms with Gasteiger partial charge in [-0.25, -0.2) is 4.98 Å². The lowest BCUT2D eigenvalue weighted by Gasteiger charge is -2.35. The fourth-order valence-electron chi connectivity index (χ4n) is 4.55. The molecule has 0 aliphatic carbocycles. The monoisotopic (exact) mass is 495 g/mol. The Labute approximate surface area is 202 Å². The SMILES string of the molecule is Cc1cc(NC(=O)C2CCN(c3ncc(C(F)(F)F)cc3Cl)CC2)ccc1N1CCN(C)CC1. The Kier molecular flexibility index (Phi) is 7.23. The van der Waals surface area contributed by atoms with Gasteiger partial charge in [-0.3, -0.25) is 4.79 Å². The van der Waals surface area contributed by atoms with Crippen molar-refractivity contribution in [1.82, 2.24) is 9.88 Å². The number of aromatic nitrogens is 1. The zero-order valence-corrected chi connectivity index (χ0v) is 20.1. The summed E-state index contributed by atoms with van der Waals surface area (Å²) in [5.74, 6) is 0.101. The van der Waals surface area contributed by atoms with E-state index in [1.807, 2.05) is 17.0 Å². The number of halogens is 4. The Morgan fingerprint density at radius 3 is 2.32 bits per heavy atom. The minimum absolute atomic E-state index is 0.0337. The van der Waals surface area contributed by atoms with Crippen LogP contribution >= 0.6 is 11.6 Å². The average molecular weight is 496 g/mol. The molecule has 1 aromatic heterocycles. The normalized spacial score (nSPS) is 18.3. The zero-order valence-electron chi connectivity index (χ0n) is 19.3. The maximum absolute atomic E-state index is 12.9. The maximum atomic E-state index is 12.9. The first kappa shape index (κ1) is 24.6. The van der Waals surface area contributed by atoms with Crippen LogP contribution in [0.1, 0.15) is 24.0 Å². The quantitative estimate of drug-likeness (QED) is 0.668. The number of nitrogens with one attached hydrogen (secondary N) is 1. The number of likely N-dealkylation sites (N-methyl/N-ethyl adjacent to an activating group) is 1. The van der Waals surface area contributed by atoms with Crippen LogP contribution in [0.3, 0.4) is 0 Å². The molecule has 34 heavy (non-hydrogen) atoms. The summed E-state index contributed by atoms with van der Waals surface area (Å²) in [5.41, 5.74) is 2.22. The van der Waals surface area contributed by atoms with E-state index in [4.69, 9.17) is 11.6 Å². The summed E-state index contributed by atoms with van der Waals surface area (Å²) in [6.07, 6.45) is -2.54. The van der Waals surface area contributed by atoms with Crippen molar-refractivity contribution in [3.8, 4) is 0 Å². The van der Waals surface area contributed by atoms with Gasteiger partial charge in [-0.1, -0.05) is 11.6 Å². The van der Waals surface area contributed by atoms with Crippen LogP contribution in [0.15, 0.2) is 30.5 Å². The molecule has 2 fully saturated rings. The predicted octanol–water partition coefficient (Wildman–Crippen LogP) is 4.67. The first-order valence-electron chi connectivity index (χ1n) is 11.4. The highest BCUT2D eigenvalue weighted by Crippen LogP contribution is 2.35. The number of benzene rings is 1. The van der Waals surface area contributed by atoms with E-state index in [1.54, 1.807) is 0 Å². The molecule has 0 spiro atoms. The summed E-state index contributed by atoms with van der Waals surface area (Å²) in [5, 5.41) is 3.00. The maximum Gasteiger partial charge on any atom is 0.417 e. The van der Waals surface area contributed by atoms with Crippen molar-refractivity contribution >= 4 is 34.7 Å². The Morgan fingerprint density at radius 1 is 1.06 bits per heavy atom. The van der Waals surface area contributed by atoms with Gasteiger partial charge < -0.3 is 20.0 Å². The third-order valence-corrected chi connectivity index (χ3v) is 6.90. The summed E-state index contributed by atoms with van der Waals surface area (Å²) in [6.45, 7) is 7.09. The number of nitrogens with zero attached hydrogens (tertiary/aromatic N) is 4. The van der Waals surface area contributed by atoms with Crippen molar-refractivity contribution in [1.29, 1.82) is 0 Å². The molecular weight excluding hydrogens is 467 g/mol. The number of aryl methyl sites for hydroxylation is 1. The second-order valence-electron chi connectivity index (χ2n) is 9.07. The zero-order chi connectivity index (χ0) is 24.5. The van der Waals surface area contributed by atoms with E-state index in [9.17, 15) is 18.0 Å². The van der Waals surface area contributed by atoms with Gasteiger partial charge in [-0.05, 0) is 56.6 Å². The molecule has 1 N–H and O–H groups in total. The minimum Gasteiger partial charge on any atom is -0.369 e. The second kappa shape index (κ2) is 10.00. The fourth-order valence-corrected chi connectivity index (χ4v) is 4.84. The van der Waals surface area contributed by atoms with Crippen LogP contribution in [0.25, 0.3) is 0 Å². The highest BCUT2D eigenvalue weighted by molar-refractivity contribution is 6.33. The van der Waals surface area contributed by atoms with E-state index in [-0.39, 0.29) is 16.8 Å². The minimum atomic E-state index is -4.48. The summed E-state index contributed by atoms with van der Waals surface area (Å²) < 4.78 is 38.6. The van der Waals surface area contributed by atoms with Crippen molar-refractivity contribution in [3.05, 3.63) is 46.6 Å². The standard InChI is InChI=1S/C24H29ClF3N5O/c1-16-13-19(3-4-21(16)32-11-9-31(2)10-12-32)30-23(34)17-5-7-33(8-6-17)22-20(25)14-18(15-29-22)24(26,27)28/h3-4,13-15,17H,5-12H2,1-2H3,(H,30,34). The molecule has 0 unspecified atom stereocenters. The molecule has 2 saturated heterocycles. The van der Waals surface area contributed by atoms with Crippen LogP contribution in [-0.4, -0.2) is 62.1 Å². The third-order valence-electron chi connectivity index (χ3n) is 6.62. The third kappa shape index (κ3) is 5.58. The molecule has 6 nitrogen and oxygen atoms in total. The Bertz CT molecular complexity index is 1030. The van der Waals surface area contributed by atoms with Crippen molar-refractivity contribution in [2.75, 3.05) is 61.4 Å². The van der Waals surface area contributed by atoms with Crippen molar-refractivity contribution in [2.45, 2.75) is 25.9 Å². The van der Waals surface area contributed by atoms with Crippen LogP contribution in [0.2, 0.25) is 5.02 Å². The van der Waals surface area contributed by atoms with Gasteiger partial charge in [-0.15, -0.1) is 0 Å². The number of hydrogen-bond donors (Lipinski definition) is 1. The Morgan fingerprint density at radius 2 is 1.74 bits per heavy atom. The number of hydrogen-bond acceptors (Lipinski definition) is 5. The van der Waals surface area contributed by atoms with E-state index in [1.165, 1.54) is 5.69 Å². The second-order valence-corrected chi connectivity index (χ2v) is 9.48. The van der Waals surface area contributed by atoms with Crippen molar-refractivity contribution < 1.29 is 18.0 Å². The smallest absolute Gasteiger partial charge is 0.369 e.